The molecule has 0 saturated carbocycles. The molecule has 5 heteroatoms. The lowest BCUT2D eigenvalue weighted by molar-refractivity contribution is 0.222. The first-order valence-corrected chi connectivity index (χ1v) is 7.57. The number of hydrogen-bond acceptors (Lipinski definition) is 4. The summed E-state index contributed by atoms with van der Waals surface area (Å²) in [5, 5.41) is 9.25. The van der Waals surface area contributed by atoms with Gasteiger partial charge in [-0.2, -0.15) is 0 Å². The zero-order valence-corrected chi connectivity index (χ0v) is 12.7. The molecule has 0 aliphatic rings. The molecule has 4 nitrogen and oxygen atoms in total. The Bertz CT molecular complexity index is 558. The maximum absolute atomic E-state index is 13.5. The molecule has 1 aromatic carbocycles. The quantitative estimate of drug-likeness (QED) is 0.796. The predicted molar refractivity (Wildman–Crippen MR) is 83.7 cm³/mol. The fourth-order valence-electron chi connectivity index (χ4n) is 2.02. The van der Waals surface area contributed by atoms with Crippen LogP contribution >= 0.6 is 0 Å². The van der Waals surface area contributed by atoms with Crippen LogP contribution in [0.25, 0.3) is 11.4 Å². The van der Waals surface area contributed by atoms with Gasteiger partial charge in [-0.1, -0.05) is 19.8 Å². The molecule has 0 amide bonds. The van der Waals surface area contributed by atoms with Crippen molar-refractivity contribution < 1.29 is 14.2 Å². The van der Waals surface area contributed by atoms with E-state index in [-0.39, 0.29) is 5.75 Å². The minimum absolute atomic E-state index is 0.201. The summed E-state index contributed by atoms with van der Waals surface area (Å²) in [5.74, 6) is 1.29. The van der Waals surface area contributed by atoms with Gasteiger partial charge in [0.1, 0.15) is 11.9 Å². The Morgan fingerprint density at radius 3 is 2.45 bits per heavy atom. The van der Waals surface area contributed by atoms with Crippen molar-refractivity contribution in [1.82, 2.24) is 9.97 Å². The first kappa shape index (κ1) is 16.2. The third-order valence-electron chi connectivity index (χ3n) is 3.32. The van der Waals surface area contributed by atoms with Crippen molar-refractivity contribution in [2.45, 2.75) is 38.8 Å². The van der Waals surface area contributed by atoms with Gasteiger partial charge in [0.25, 0.3) is 0 Å². The normalized spacial score (nSPS) is 12.1. The van der Waals surface area contributed by atoms with E-state index in [0.717, 1.165) is 18.4 Å². The number of ether oxygens (including phenoxy) is 1. The smallest absolute Gasteiger partial charge is 0.159 e. The topological polar surface area (TPSA) is 55.2 Å². The number of halogens is 1. The number of nitrogens with zero attached hydrogens (tertiary/aromatic N) is 2. The van der Waals surface area contributed by atoms with E-state index in [4.69, 9.17) is 4.74 Å². The molecule has 2 rings (SSSR count). The van der Waals surface area contributed by atoms with Crippen molar-refractivity contribution in [1.29, 1.82) is 0 Å². The van der Waals surface area contributed by atoms with E-state index in [0.29, 0.717) is 31.0 Å². The standard InChI is InChI=1S/C17H21FN2O2/c1-2-3-4-14(18)9-10-22-16-11-19-17(20-12-16)13-5-7-15(21)8-6-13/h5-8,11-12,14,21H,2-4,9-10H2,1H3/t14-/m0/s1. The van der Waals surface area contributed by atoms with E-state index in [9.17, 15) is 9.50 Å². The summed E-state index contributed by atoms with van der Waals surface area (Å²) >= 11 is 0. The summed E-state index contributed by atoms with van der Waals surface area (Å²) in [6.07, 6.45) is 5.25. The summed E-state index contributed by atoms with van der Waals surface area (Å²) in [7, 11) is 0. The summed E-state index contributed by atoms with van der Waals surface area (Å²) in [4.78, 5) is 8.43. The van der Waals surface area contributed by atoms with Crippen LogP contribution in [0.4, 0.5) is 4.39 Å². The van der Waals surface area contributed by atoms with E-state index >= 15 is 0 Å². The third-order valence-corrected chi connectivity index (χ3v) is 3.32. The molecular weight excluding hydrogens is 283 g/mol. The van der Waals surface area contributed by atoms with Gasteiger partial charge in [-0.3, -0.25) is 0 Å². The molecular formula is C17H21FN2O2. The number of benzene rings is 1. The predicted octanol–water partition coefficient (Wildman–Crippen LogP) is 4.15. The molecule has 22 heavy (non-hydrogen) atoms. The molecule has 0 spiro atoms. The molecule has 0 unspecified atom stereocenters. The number of rotatable bonds is 8. The Morgan fingerprint density at radius 2 is 1.82 bits per heavy atom. The number of aromatic nitrogens is 2. The van der Waals surface area contributed by atoms with Crippen molar-refractivity contribution in [3.05, 3.63) is 36.7 Å². The van der Waals surface area contributed by atoms with Gasteiger partial charge in [0.15, 0.2) is 11.6 Å². The molecule has 0 saturated heterocycles. The number of hydrogen-bond donors (Lipinski definition) is 1. The Morgan fingerprint density at radius 1 is 1.14 bits per heavy atom. The number of unbranched alkanes of at least 4 members (excludes halogenated alkanes) is 1. The highest BCUT2D eigenvalue weighted by atomic mass is 19.1. The molecule has 0 bridgehead atoms. The maximum Gasteiger partial charge on any atom is 0.159 e. The van der Waals surface area contributed by atoms with Crippen LogP contribution in [0.2, 0.25) is 0 Å². The summed E-state index contributed by atoms with van der Waals surface area (Å²) < 4.78 is 18.9. The number of aromatic hydroxyl groups is 1. The second-order valence-electron chi connectivity index (χ2n) is 5.17. The van der Waals surface area contributed by atoms with Gasteiger partial charge >= 0.3 is 0 Å². The van der Waals surface area contributed by atoms with E-state index in [2.05, 4.69) is 16.9 Å². The van der Waals surface area contributed by atoms with Crippen LogP contribution in [-0.2, 0) is 0 Å². The third kappa shape index (κ3) is 4.98. The second kappa shape index (κ2) is 8.32. The van der Waals surface area contributed by atoms with Gasteiger partial charge in [-0.15, -0.1) is 0 Å². The van der Waals surface area contributed by atoms with Crippen LogP contribution in [0.1, 0.15) is 32.6 Å². The fourth-order valence-corrected chi connectivity index (χ4v) is 2.02. The molecule has 0 fully saturated rings. The molecule has 1 N–H and O–H groups in total. The SMILES string of the molecule is CCCC[C@H](F)CCOc1cnc(-c2ccc(O)cc2)nc1. The molecule has 1 heterocycles. The fraction of sp³-hybridized carbons (Fsp3) is 0.412. The van der Waals surface area contributed by atoms with Crippen molar-refractivity contribution >= 4 is 0 Å². The lowest BCUT2D eigenvalue weighted by atomic mass is 10.1. The van der Waals surface area contributed by atoms with Gasteiger partial charge < -0.3 is 9.84 Å². The lowest BCUT2D eigenvalue weighted by Gasteiger charge is -2.09. The Labute approximate surface area is 130 Å². The minimum atomic E-state index is -0.808. The molecule has 0 aliphatic carbocycles. The highest BCUT2D eigenvalue weighted by Crippen LogP contribution is 2.19. The highest BCUT2D eigenvalue weighted by Gasteiger charge is 2.07. The number of phenols is 1. The first-order chi connectivity index (χ1) is 10.7. The van der Waals surface area contributed by atoms with Crippen LogP contribution < -0.4 is 4.74 Å². The second-order valence-corrected chi connectivity index (χ2v) is 5.17. The van der Waals surface area contributed by atoms with Crippen molar-refractivity contribution in [3.63, 3.8) is 0 Å². The molecule has 118 valence electrons. The van der Waals surface area contributed by atoms with Crippen LogP contribution in [0.15, 0.2) is 36.7 Å². The van der Waals surface area contributed by atoms with Crippen LogP contribution in [0.5, 0.6) is 11.5 Å². The number of phenolic OH excluding ortho intramolecular Hbond substituents is 1. The van der Waals surface area contributed by atoms with Crippen LogP contribution in [0.3, 0.4) is 0 Å². The Hall–Kier alpha value is -2.17. The average Bonchev–Trinajstić information content (AvgIpc) is 2.54. The average molecular weight is 304 g/mol. The van der Waals surface area contributed by atoms with Gasteiger partial charge in [0, 0.05) is 12.0 Å². The zero-order valence-electron chi connectivity index (χ0n) is 12.7. The Balaban J connectivity index is 1.83. The molecule has 1 atom stereocenters. The molecule has 2 aromatic rings. The van der Waals surface area contributed by atoms with Crippen LogP contribution in [0, 0.1) is 0 Å². The van der Waals surface area contributed by atoms with Gasteiger partial charge in [0.05, 0.1) is 19.0 Å². The largest absolute Gasteiger partial charge is 0.508 e. The number of alkyl halides is 1. The van der Waals surface area contributed by atoms with Crippen molar-refractivity contribution in [2.24, 2.45) is 0 Å². The lowest BCUT2D eigenvalue weighted by Crippen LogP contribution is -2.08. The zero-order chi connectivity index (χ0) is 15.8. The minimum Gasteiger partial charge on any atom is -0.508 e. The first-order valence-electron chi connectivity index (χ1n) is 7.57. The van der Waals surface area contributed by atoms with E-state index in [1.54, 1.807) is 36.7 Å². The van der Waals surface area contributed by atoms with E-state index in [1.165, 1.54) is 0 Å². The van der Waals surface area contributed by atoms with Crippen LogP contribution in [-0.4, -0.2) is 27.9 Å². The monoisotopic (exact) mass is 304 g/mol. The maximum atomic E-state index is 13.5. The van der Waals surface area contributed by atoms with Gasteiger partial charge in [0.2, 0.25) is 0 Å². The van der Waals surface area contributed by atoms with Crippen molar-refractivity contribution in [2.75, 3.05) is 6.61 Å². The molecule has 0 aliphatic heterocycles. The van der Waals surface area contributed by atoms with Gasteiger partial charge in [-0.05, 0) is 30.7 Å². The summed E-state index contributed by atoms with van der Waals surface area (Å²) in [5.41, 5.74) is 0.813. The van der Waals surface area contributed by atoms with Crippen molar-refractivity contribution in [3.8, 4) is 22.9 Å². The van der Waals surface area contributed by atoms with Gasteiger partial charge in [-0.25, -0.2) is 14.4 Å². The molecule has 1 aromatic heterocycles. The van der Waals surface area contributed by atoms with E-state index < -0.39 is 6.17 Å². The summed E-state index contributed by atoms with van der Waals surface area (Å²) in [6, 6.07) is 6.65. The van der Waals surface area contributed by atoms with E-state index in [1.807, 2.05) is 0 Å². The Kier molecular flexibility index (Phi) is 6.13. The molecule has 0 radical (unpaired) electrons. The summed E-state index contributed by atoms with van der Waals surface area (Å²) in [6.45, 7) is 2.38. The highest BCUT2D eigenvalue weighted by molar-refractivity contribution is 5.55.